The summed E-state index contributed by atoms with van der Waals surface area (Å²) in [6.07, 6.45) is 17.2. The Morgan fingerprint density at radius 1 is 0.658 bits per heavy atom. The minimum absolute atomic E-state index is 0.139. The number of carboxylic acid groups (broad SMARTS) is 2. The van der Waals surface area contributed by atoms with Crippen LogP contribution in [0.1, 0.15) is 122 Å². The van der Waals surface area contributed by atoms with Gasteiger partial charge in [0.25, 0.3) is 0 Å². The second-order valence-electron chi connectivity index (χ2n) is 9.61. The van der Waals surface area contributed by atoms with E-state index in [4.69, 9.17) is 23.2 Å². The number of aromatic carboxylic acids is 2. The average Bonchev–Trinajstić information content (AvgIpc) is 2.87. The number of aromatic hydroxyl groups is 2. The van der Waals surface area contributed by atoms with E-state index in [9.17, 15) is 30.0 Å². The number of carbonyl (C=O) groups is 2. The molecule has 2 rings (SSSR count). The number of benzene rings is 2. The van der Waals surface area contributed by atoms with Gasteiger partial charge in [-0.1, -0.05) is 107 Å². The van der Waals surface area contributed by atoms with E-state index in [1.165, 1.54) is 82.1 Å². The fourth-order valence-electron chi connectivity index (χ4n) is 4.47. The van der Waals surface area contributed by atoms with Gasteiger partial charge in [-0.2, -0.15) is 0 Å². The van der Waals surface area contributed by atoms with Crippen molar-refractivity contribution < 1.29 is 30.0 Å². The monoisotopic (exact) mass is 564 g/mol. The lowest BCUT2D eigenvalue weighted by Gasteiger charge is -2.14. The molecular formula is C30H38Cl2O6. The van der Waals surface area contributed by atoms with E-state index in [1.54, 1.807) is 0 Å². The molecule has 0 spiro atoms. The number of carboxylic acids is 2. The van der Waals surface area contributed by atoms with Crippen LogP contribution in [0.2, 0.25) is 10.0 Å². The molecule has 0 atom stereocenters. The maximum absolute atomic E-state index is 11.6. The Morgan fingerprint density at radius 2 is 1.03 bits per heavy atom. The number of allylic oxidation sites excluding steroid dienone is 1. The lowest BCUT2D eigenvalue weighted by Crippen LogP contribution is -2.02. The lowest BCUT2D eigenvalue weighted by atomic mass is 9.93. The molecule has 8 heteroatoms. The Kier molecular flexibility index (Phi) is 13.5. The predicted octanol–water partition coefficient (Wildman–Crippen LogP) is 9.32. The van der Waals surface area contributed by atoms with Crippen LogP contribution in [0.5, 0.6) is 11.5 Å². The molecule has 0 radical (unpaired) electrons. The van der Waals surface area contributed by atoms with Crippen molar-refractivity contribution >= 4 is 40.7 Å². The van der Waals surface area contributed by atoms with E-state index in [-0.39, 0.29) is 21.2 Å². The topological polar surface area (TPSA) is 115 Å². The van der Waals surface area contributed by atoms with Crippen LogP contribution in [0.15, 0.2) is 30.3 Å². The van der Waals surface area contributed by atoms with Gasteiger partial charge in [0.15, 0.2) is 0 Å². The summed E-state index contributed by atoms with van der Waals surface area (Å²) in [5.41, 5.74) is 0.561. The van der Waals surface area contributed by atoms with E-state index in [0.29, 0.717) is 23.1 Å². The fraction of sp³-hybridized carbons (Fsp3) is 0.467. The summed E-state index contributed by atoms with van der Waals surface area (Å²) in [6, 6.07) is 5.44. The Hall–Kier alpha value is -2.70. The Balaban J connectivity index is 2.11. The van der Waals surface area contributed by atoms with Crippen LogP contribution in [-0.4, -0.2) is 32.4 Å². The first-order chi connectivity index (χ1) is 18.2. The third kappa shape index (κ3) is 9.55. The molecule has 0 heterocycles. The molecule has 0 saturated carbocycles. The highest BCUT2D eigenvalue weighted by Crippen LogP contribution is 2.38. The molecular weight excluding hydrogens is 527 g/mol. The minimum atomic E-state index is -1.35. The summed E-state index contributed by atoms with van der Waals surface area (Å²) in [7, 11) is 0. The zero-order valence-electron chi connectivity index (χ0n) is 21.9. The molecule has 4 N–H and O–H groups in total. The van der Waals surface area contributed by atoms with Crippen molar-refractivity contribution in [1.82, 2.24) is 0 Å². The van der Waals surface area contributed by atoms with E-state index < -0.39 is 23.4 Å². The largest absolute Gasteiger partial charge is 0.505 e. The van der Waals surface area contributed by atoms with Gasteiger partial charge in [-0.05, 0) is 53.8 Å². The first-order valence-corrected chi connectivity index (χ1v) is 14.2. The molecule has 0 aromatic heterocycles. The number of rotatable bonds is 17. The maximum Gasteiger partial charge on any atom is 0.339 e. The lowest BCUT2D eigenvalue weighted by molar-refractivity contribution is 0.0682. The van der Waals surface area contributed by atoms with Crippen LogP contribution in [0.3, 0.4) is 0 Å². The van der Waals surface area contributed by atoms with Crippen LogP contribution in [0.25, 0.3) is 5.57 Å². The molecule has 0 aliphatic carbocycles. The summed E-state index contributed by atoms with van der Waals surface area (Å²) in [6.45, 7) is 2.23. The summed E-state index contributed by atoms with van der Waals surface area (Å²) >= 11 is 12.2. The number of hydrogen-bond acceptors (Lipinski definition) is 4. The molecule has 38 heavy (non-hydrogen) atoms. The molecule has 0 aliphatic rings. The third-order valence-corrected chi connectivity index (χ3v) is 7.19. The SMILES string of the molecule is CCCCCCCCCCCCCCC=C(c1cc(Cl)c(O)c(C(=O)O)c1)c1cc(Cl)c(O)c(C(=O)O)c1. The zero-order valence-corrected chi connectivity index (χ0v) is 23.5. The average molecular weight is 566 g/mol. The molecule has 0 saturated heterocycles. The van der Waals surface area contributed by atoms with Gasteiger partial charge in [-0.25, -0.2) is 9.59 Å². The number of halogens is 2. The van der Waals surface area contributed by atoms with Gasteiger partial charge in [0.1, 0.15) is 22.6 Å². The number of unbranched alkanes of at least 4 members (excludes halogenated alkanes) is 12. The van der Waals surface area contributed by atoms with Gasteiger partial charge in [-0.3, -0.25) is 0 Å². The Bertz CT molecular complexity index is 1050. The maximum atomic E-state index is 11.6. The standard InChI is InChI=1S/C30H38Cl2O6/c1-2-3-4-5-6-7-8-9-10-11-12-13-14-15-22(20-16-23(29(35)36)27(33)25(31)18-20)21-17-24(30(37)38)28(34)26(32)19-21/h15-19,33-34H,2-14H2,1H3,(H,35,36)(H,37,38). The van der Waals surface area contributed by atoms with Gasteiger partial charge in [0, 0.05) is 0 Å². The van der Waals surface area contributed by atoms with Crippen molar-refractivity contribution in [3.8, 4) is 11.5 Å². The Labute approximate surface area is 234 Å². The zero-order chi connectivity index (χ0) is 28.1. The van der Waals surface area contributed by atoms with Gasteiger partial charge < -0.3 is 20.4 Å². The summed E-state index contributed by atoms with van der Waals surface area (Å²) < 4.78 is 0. The van der Waals surface area contributed by atoms with Crippen molar-refractivity contribution in [2.75, 3.05) is 0 Å². The van der Waals surface area contributed by atoms with Gasteiger partial charge >= 0.3 is 11.9 Å². The predicted molar refractivity (Wildman–Crippen MR) is 153 cm³/mol. The molecule has 0 unspecified atom stereocenters. The van der Waals surface area contributed by atoms with E-state index in [0.717, 1.165) is 19.3 Å². The number of hydrogen-bond donors (Lipinski definition) is 4. The first-order valence-electron chi connectivity index (χ1n) is 13.4. The van der Waals surface area contributed by atoms with E-state index in [2.05, 4.69) is 6.92 Å². The second-order valence-corrected chi connectivity index (χ2v) is 10.4. The highest BCUT2D eigenvalue weighted by atomic mass is 35.5. The van der Waals surface area contributed by atoms with Crippen molar-refractivity contribution in [2.45, 2.75) is 90.4 Å². The van der Waals surface area contributed by atoms with Crippen molar-refractivity contribution in [1.29, 1.82) is 0 Å². The van der Waals surface area contributed by atoms with Crippen LogP contribution in [0.4, 0.5) is 0 Å². The van der Waals surface area contributed by atoms with E-state index >= 15 is 0 Å². The van der Waals surface area contributed by atoms with Crippen molar-refractivity contribution in [3.05, 3.63) is 62.6 Å². The fourth-order valence-corrected chi connectivity index (χ4v) is 4.91. The first kappa shape index (κ1) is 31.5. The number of phenols is 2. The van der Waals surface area contributed by atoms with Crippen molar-refractivity contribution in [3.63, 3.8) is 0 Å². The second kappa shape index (κ2) is 16.3. The minimum Gasteiger partial charge on any atom is -0.505 e. The molecule has 0 aliphatic heterocycles. The van der Waals surface area contributed by atoms with Crippen LogP contribution < -0.4 is 0 Å². The molecule has 0 fully saturated rings. The molecule has 2 aromatic carbocycles. The molecule has 0 amide bonds. The van der Waals surface area contributed by atoms with Crippen LogP contribution in [-0.2, 0) is 0 Å². The normalized spacial score (nSPS) is 10.9. The highest BCUT2D eigenvalue weighted by Gasteiger charge is 2.20. The van der Waals surface area contributed by atoms with E-state index in [1.807, 2.05) is 6.08 Å². The summed E-state index contributed by atoms with van der Waals surface area (Å²) in [4.78, 5) is 23.3. The molecule has 0 bridgehead atoms. The third-order valence-electron chi connectivity index (χ3n) is 6.62. The van der Waals surface area contributed by atoms with Crippen LogP contribution >= 0.6 is 23.2 Å². The van der Waals surface area contributed by atoms with Crippen molar-refractivity contribution in [2.24, 2.45) is 0 Å². The van der Waals surface area contributed by atoms with Gasteiger partial charge in [0.05, 0.1) is 10.0 Å². The molecule has 2 aromatic rings. The van der Waals surface area contributed by atoms with Gasteiger partial charge in [0.2, 0.25) is 0 Å². The smallest absolute Gasteiger partial charge is 0.339 e. The Morgan fingerprint density at radius 3 is 1.39 bits per heavy atom. The van der Waals surface area contributed by atoms with Crippen LogP contribution in [0, 0.1) is 0 Å². The van der Waals surface area contributed by atoms with Gasteiger partial charge in [-0.15, -0.1) is 0 Å². The highest BCUT2D eigenvalue weighted by molar-refractivity contribution is 6.33. The molecule has 208 valence electrons. The summed E-state index contributed by atoms with van der Waals surface area (Å²) in [5, 5.41) is 38.9. The summed E-state index contributed by atoms with van der Waals surface area (Å²) in [5.74, 6) is -3.78. The molecule has 6 nitrogen and oxygen atoms in total. The quantitative estimate of drug-likeness (QED) is 0.142.